The Morgan fingerprint density at radius 3 is 2.75 bits per heavy atom. The number of amides is 1. The highest BCUT2D eigenvalue weighted by molar-refractivity contribution is 5.81. The van der Waals surface area contributed by atoms with E-state index in [4.69, 9.17) is 0 Å². The molecule has 0 aromatic rings. The Balaban J connectivity index is 2.08. The molecule has 4 heteroatoms. The Kier molecular flexibility index (Phi) is 8.54. The van der Waals surface area contributed by atoms with Crippen molar-refractivity contribution < 1.29 is 4.79 Å². The van der Waals surface area contributed by atoms with Crippen molar-refractivity contribution in [3.63, 3.8) is 0 Å². The van der Waals surface area contributed by atoms with Gasteiger partial charge < -0.3 is 15.5 Å². The summed E-state index contributed by atoms with van der Waals surface area (Å²) >= 11 is 0. The van der Waals surface area contributed by atoms with Gasteiger partial charge in [-0.3, -0.25) is 4.79 Å². The molecule has 0 heterocycles. The second-order valence-corrected chi connectivity index (χ2v) is 5.84. The van der Waals surface area contributed by atoms with Crippen LogP contribution in [0, 0.1) is 0 Å². The second-order valence-electron chi connectivity index (χ2n) is 5.84. The maximum absolute atomic E-state index is 11.6. The van der Waals surface area contributed by atoms with E-state index in [0.717, 1.165) is 25.6 Å². The molecule has 0 aromatic carbocycles. The quantitative estimate of drug-likeness (QED) is 0.501. The zero-order valence-corrected chi connectivity index (χ0v) is 13.2. The molecule has 1 atom stereocenters. The molecule has 1 aliphatic carbocycles. The molecule has 20 heavy (non-hydrogen) atoms. The van der Waals surface area contributed by atoms with Crippen LogP contribution < -0.4 is 10.6 Å². The fourth-order valence-corrected chi connectivity index (χ4v) is 2.77. The molecule has 4 nitrogen and oxygen atoms in total. The van der Waals surface area contributed by atoms with Crippen molar-refractivity contribution in [1.29, 1.82) is 0 Å². The lowest BCUT2D eigenvalue weighted by Crippen LogP contribution is -2.43. The van der Waals surface area contributed by atoms with E-state index in [0.29, 0.717) is 6.54 Å². The van der Waals surface area contributed by atoms with E-state index in [9.17, 15) is 4.79 Å². The Morgan fingerprint density at radius 1 is 1.40 bits per heavy atom. The minimum atomic E-state index is -0.130. The van der Waals surface area contributed by atoms with Crippen LogP contribution in [-0.2, 0) is 4.79 Å². The van der Waals surface area contributed by atoms with Crippen LogP contribution in [0.4, 0.5) is 0 Å². The normalized spacial score (nSPS) is 17.9. The summed E-state index contributed by atoms with van der Waals surface area (Å²) in [5.74, 6) is 0.0468. The van der Waals surface area contributed by atoms with E-state index in [2.05, 4.69) is 29.2 Å². The third-order valence-corrected chi connectivity index (χ3v) is 4.15. The van der Waals surface area contributed by atoms with Crippen LogP contribution in [0.25, 0.3) is 0 Å². The summed E-state index contributed by atoms with van der Waals surface area (Å²) in [5, 5.41) is 6.08. The maximum atomic E-state index is 11.6. The first kappa shape index (κ1) is 17.2. The van der Waals surface area contributed by atoms with Gasteiger partial charge in [-0.1, -0.05) is 25.3 Å². The molecule has 0 radical (unpaired) electrons. The van der Waals surface area contributed by atoms with Crippen LogP contribution in [0.5, 0.6) is 0 Å². The van der Waals surface area contributed by atoms with Crippen molar-refractivity contribution in [1.82, 2.24) is 15.5 Å². The molecule has 1 saturated carbocycles. The third kappa shape index (κ3) is 6.53. The smallest absolute Gasteiger partial charge is 0.237 e. The van der Waals surface area contributed by atoms with E-state index in [1.165, 1.54) is 32.1 Å². The number of nitrogens with zero attached hydrogens (tertiary/aromatic N) is 1. The van der Waals surface area contributed by atoms with Gasteiger partial charge >= 0.3 is 0 Å². The summed E-state index contributed by atoms with van der Waals surface area (Å²) in [6, 6.07) is 0.645. The van der Waals surface area contributed by atoms with E-state index >= 15 is 0 Å². The monoisotopic (exact) mass is 281 g/mol. The van der Waals surface area contributed by atoms with Crippen molar-refractivity contribution in [2.24, 2.45) is 0 Å². The first-order chi connectivity index (χ1) is 9.65. The topological polar surface area (TPSA) is 44.4 Å². The Hall–Kier alpha value is -0.870. The van der Waals surface area contributed by atoms with E-state index < -0.39 is 0 Å². The van der Waals surface area contributed by atoms with Crippen LogP contribution in [0.1, 0.15) is 45.4 Å². The van der Waals surface area contributed by atoms with Gasteiger partial charge in [0.05, 0.1) is 6.04 Å². The van der Waals surface area contributed by atoms with Crippen LogP contribution in [0.3, 0.4) is 0 Å². The van der Waals surface area contributed by atoms with E-state index in [1.54, 1.807) is 6.08 Å². The summed E-state index contributed by atoms with van der Waals surface area (Å²) in [4.78, 5) is 14.1. The lowest BCUT2D eigenvalue weighted by Gasteiger charge is -2.31. The fourth-order valence-electron chi connectivity index (χ4n) is 2.77. The standard InChI is InChI=1S/C16H31N3O/c1-4-11-18-16(20)14(2)17-12-8-13-19(3)15-9-6-5-7-10-15/h4,14-15,17H,1,5-13H2,2-3H3,(H,18,20). The molecule has 0 saturated heterocycles. The molecular weight excluding hydrogens is 250 g/mol. The molecular formula is C16H31N3O. The predicted octanol–water partition coefficient (Wildman–Crippen LogP) is 1.92. The van der Waals surface area contributed by atoms with Crippen molar-refractivity contribution in [2.75, 3.05) is 26.7 Å². The fraction of sp³-hybridized carbons (Fsp3) is 0.812. The number of rotatable bonds is 9. The van der Waals surface area contributed by atoms with Gasteiger partial charge in [0.1, 0.15) is 0 Å². The zero-order valence-electron chi connectivity index (χ0n) is 13.2. The second kappa shape index (κ2) is 9.94. The van der Waals surface area contributed by atoms with Gasteiger partial charge in [-0.25, -0.2) is 0 Å². The minimum Gasteiger partial charge on any atom is -0.351 e. The summed E-state index contributed by atoms with van der Waals surface area (Å²) in [7, 11) is 2.23. The molecule has 1 rings (SSSR count). The van der Waals surface area contributed by atoms with Crippen LogP contribution in [0.2, 0.25) is 0 Å². The number of nitrogens with one attached hydrogen (secondary N) is 2. The third-order valence-electron chi connectivity index (χ3n) is 4.15. The SMILES string of the molecule is C=CCNC(=O)C(C)NCCCN(C)C1CCCCC1. The van der Waals surface area contributed by atoms with Crippen LogP contribution >= 0.6 is 0 Å². The first-order valence-corrected chi connectivity index (χ1v) is 7.97. The molecule has 2 N–H and O–H groups in total. The largest absolute Gasteiger partial charge is 0.351 e. The van der Waals surface area contributed by atoms with Gasteiger partial charge in [-0.15, -0.1) is 6.58 Å². The maximum Gasteiger partial charge on any atom is 0.237 e. The molecule has 0 aliphatic heterocycles. The molecule has 1 unspecified atom stereocenters. The lowest BCUT2D eigenvalue weighted by atomic mass is 9.94. The molecule has 1 aliphatic rings. The molecule has 0 bridgehead atoms. The van der Waals surface area contributed by atoms with Gasteiger partial charge in [0.25, 0.3) is 0 Å². The number of hydrogen-bond acceptors (Lipinski definition) is 3. The van der Waals surface area contributed by atoms with Crippen molar-refractivity contribution >= 4 is 5.91 Å². The van der Waals surface area contributed by atoms with Gasteiger partial charge in [-0.05, 0) is 46.3 Å². The lowest BCUT2D eigenvalue weighted by molar-refractivity contribution is -0.122. The van der Waals surface area contributed by atoms with E-state index in [-0.39, 0.29) is 11.9 Å². The minimum absolute atomic E-state index is 0.0468. The number of carbonyl (C=O) groups excluding carboxylic acids is 1. The van der Waals surface area contributed by atoms with Crippen molar-refractivity contribution in [3.8, 4) is 0 Å². The average molecular weight is 281 g/mol. The van der Waals surface area contributed by atoms with Crippen LogP contribution in [-0.4, -0.2) is 49.6 Å². The first-order valence-electron chi connectivity index (χ1n) is 7.97. The van der Waals surface area contributed by atoms with Gasteiger partial charge in [0, 0.05) is 12.6 Å². The van der Waals surface area contributed by atoms with Crippen molar-refractivity contribution in [3.05, 3.63) is 12.7 Å². The molecule has 1 amide bonds. The van der Waals surface area contributed by atoms with Gasteiger partial charge in [0.15, 0.2) is 0 Å². The average Bonchev–Trinajstić information content (AvgIpc) is 2.49. The molecule has 0 aromatic heterocycles. The molecule has 0 spiro atoms. The predicted molar refractivity (Wildman–Crippen MR) is 84.8 cm³/mol. The highest BCUT2D eigenvalue weighted by Crippen LogP contribution is 2.21. The summed E-state index contributed by atoms with van der Waals surface area (Å²) < 4.78 is 0. The van der Waals surface area contributed by atoms with Gasteiger partial charge in [0.2, 0.25) is 5.91 Å². The highest BCUT2D eigenvalue weighted by Gasteiger charge is 2.17. The number of hydrogen-bond donors (Lipinski definition) is 2. The Bertz CT molecular complexity index is 287. The van der Waals surface area contributed by atoms with E-state index in [1.807, 2.05) is 6.92 Å². The van der Waals surface area contributed by atoms with Crippen LogP contribution in [0.15, 0.2) is 12.7 Å². The zero-order chi connectivity index (χ0) is 14.8. The Morgan fingerprint density at radius 2 is 2.10 bits per heavy atom. The molecule has 116 valence electrons. The summed E-state index contributed by atoms with van der Waals surface area (Å²) in [5.41, 5.74) is 0. The Labute approximate surface area is 124 Å². The molecule has 1 fully saturated rings. The number of carbonyl (C=O) groups is 1. The summed E-state index contributed by atoms with van der Waals surface area (Å²) in [6.45, 7) is 8.03. The van der Waals surface area contributed by atoms with Crippen molar-refractivity contribution in [2.45, 2.75) is 57.5 Å². The highest BCUT2D eigenvalue weighted by atomic mass is 16.2. The van der Waals surface area contributed by atoms with Gasteiger partial charge in [-0.2, -0.15) is 0 Å². The summed E-state index contributed by atoms with van der Waals surface area (Å²) in [6.07, 6.45) is 9.66.